The number of amides is 2. The molecule has 7 nitrogen and oxygen atoms in total. The number of carbonyl (C=O) groups excluding carboxylic acids is 1. The van der Waals surface area contributed by atoms with E-state index in [1.165, 1.54) is 0 Å². The van der Waals surface area contributed by atoms with Gasteiger partial charge in [0.1, 0.15) is 0 Å². The SMILES string of the molecule is CC(CCC(=O)O)CNC(=O)N1CCC(OCCO)CC1. The Morgan fingerprint density at radius 1 is 1.38 bits per heavy atom. The van der Waals surface area contributed by atoms with E-state index in [0.717, 1.165) is 12.8 Å². The van der Waals surface area contributed by atoms with Crippen LogP contribution in [0.3, 0.4) is 0 Å². The molecule has 0 bridgehead atoms. The van der Waals surface area contributed by atoms with Crippen LogP contribution in [0.15, 0.2) is 0 Å². The van der Waals surface area contributed by atoms with Crippen molar-refractivity contribution < 1.29 is 24.5 Å². The molecule has 3 N–H and O–H groups in total. The maximum atomic E-state index is 12.0. The number of nitrogens with zero attached hydrogens (tertiary/aromatic N) is 1. The molecule has 1 fully saturated rings. The van der Waals surface area contributed by atoms with Gasteiger partial charge in [-0.2, -0.15) is 0 Å². The third-order valence-electron chi connectivity index (χ3n) is 3.63. The highest BCUT2D eigenvalue weighted by atomic mass is 16.5. The average molecular weight is 302 g/mol. The number of carbonyl (C=O) groups is 2. The largest absolute Gasteiger partial charge is 0.481 e. The fourth-order valence-corrected chi connectivity index (χ4v) is 2.29. The first kappa shape index (κ1) is 17.7. The summed E-state index contributed by atoms with van der Waals surface area (Å²) in [6, 6.07) is -0.0993. The number of rotatable bonds is 8. The van der Waals surface area contributed by atoms with Crippen LogP contribution in [-0.2, 0) is 9.53 Å². The van der Waals surface area contributed by atoms with Gasteiger partial charge < -0.3 is 25.2 Å². The molecule has 7 heteroatoms. The fourth-order valence-electron chi connectivity index (χ4n) is 2.29. The lowest BCUT2D eigenvalue weighted by Gasteiger charge is -2.32. The molecule has 1 rings (SSSR count). The van der Waals surface area contributed by atoms with Crippen LogP contribution in [0.25, 0.3) is 0 Å². The van der Waals surface area contributed by atoms with Crippen LogP contribution < -0.4 is 5.32 Å². The van der Waals surface area contributed by atoms with Gasteiger partial charge in [-0.15, -0.1) is 0 Å². The smallest absolute Gasteiger partial charge is 0.317 e. The Morgan fingerprint density at radius 2 is 2.05 bits per heavy atom. The Balaban J connectivity index is 2.17. The van der Waals surface area contributed by atoms with E-state index in [9.17, 15) is 9.59 Å². The Bertz CT molecular complexity index is 329. The lowest BCUT2D eigenvalue weighted by atomic mass is 10.1. The number of carboxylic acid groups (broad SMARTS) is 1. The number of nitrogens with one attached hydrogen (secondary N) is 1. The molecule has 1 aliphatic rings. The van der Waals surface area contributed by atoms with E-state index >= 15 is 0 Å². The first-order valence-electron chi connectivity index (χ1n) is 7.50. The first-order valence-corrected chi connectivity index (χ1v) is 7.50. The number of hydrogen-bond acceptors (Lipinski definition) is 4. The third-order valence-corrected chi connectivity index (χ3v) is 3.63. The quantitative estimate of drug-likeness (QED) is 0.612. The number of ether oxygens (including phenoxy) is 1. The molecule has 1 heterocycles. The number of aliphatic carboxylic acids is 1. The van der Waals surface area contributed by atoms with E-state index in [1.807, 2.05) is 6.92 Å². The minimum absolute atomic E-state index is 0.0227. The number of aliphatic hydroxyl groups excluding tert-OH is 1. The van der Waals surface area contributed by atoms with Crippen molar-refractivity contribution in [2.45, 2.75) is 38.7 Å². The summed E-state index contributed by atoms with van der Waals surface area (Å²) in [6.45, 7) is 4.08. The van der Waals surface area contributed by atoms with Gasteiger partial charge in [0.25, 0.3) is 0 Å². The van der Waals surface area contributed by atoms with Crippen LogP contribution in [0.2, 0.25) is 0 Å². The molecule has 0 aliphatic carbocycles. The summed E-state index contributed by atoms with van der Waals surface area (Å²) in [5, 5.41) is 20.2. The van der Waals surface area contributed by atoms with Crippen molar-refractivity contribution in [3.8, 4) is 0 Å². The van der Waals surface area contributed by atoms with Crippen molar-refractivity contribution >= 4 is 12.0 Å². The van der Waals surface area contributed by atoms with Gasteiger partial charge in [0.15, 0.2) is 0 Å². The molecule has 0 saturated carbocycles. The topological polar surface area (TPSA) is 99.1 Å². The van der Waals surface area contributed by atoms with Gasteiger partial charge >= 0.3 is 12.0 Å². The first-order chi connectivity index (χ1) is 10.0. The lowest BCUT2D eigenvalue weighted by molar-refractivity contribution is -0.137. The monoisotopic (exact) mass is 302 g/mol. The maximum absolute atomic E-state index is 12.0. The summed E-state index contributed by atoms with van der Waals surface area (Å²) < 4.78 is 5.45. The zero-order valence-corrected chi connectivity index (χ0v) is 12.6. The molecule has 1 saturated heterocycles. The molecule has 1 aliphatic heterocycles. The van der Waals surface area contributed by atoms with Crippen LogP contribution in [-0.4, -0.2) is 66.1 Å². The Labute approximate surface area is 125 Å². The van der Waals surface area contributed by atoms with E-state index in [2.05, 4.69) is 5.32 Å². The van der Waals surface area contributed by atoms with Gasteiger partial charge in [-0.3, -0.25) is 4.79 Å². The highest BCUT2D eigenvalue weighted by Crippen LogP contribution is 2.13. The second kappa shape index (κ2) is 9.57. The van der Waals surface area contributed by atoms with Crippen molar-refractivity contribution in [3.05, 3.63) is 0 Å². The zero-order valence-electron chi connectivity index (χ0n) is 12.6. The van der Waals surface area contributed by atoms with Crippen molar-refractivity contribution in [1.82, 2.24) is 10.2 Å². The summed E-state index contributed by atoms with van der Waals surface area (Å²) in [5.74, 6) is -0.659. The summed E-state index contributed by atoms with van der Waals surface area (Å²) in [6.07, 6.45) is 2.37. The molecule has 21 heavy (non-hydrogen) atoms. The van der Waals surface area contributed by atoms with Crippen molar-refractivity contribution in [1.29, 1.82) is 0 Å². The number of piperidine rings is 1. The van der Waals surface area contributed by atoms with Crippen LogP contribution in [0.5, 0.6) is 0 Å². The van der Waals surface area contributed by atoms with E-state index in [1.54, 1.807) is 4.90 Å². The summed E-state index contributed by atoms with van der Waals surface area (Å²) >= 11 is 0. The second-order valence-corrected chi connectivity index (χ2v) is 5.50. The number of hydrogen-bond donors (Lipinski definition) is 3. The molecular weight excluding hydrogens is 276 g/mol. The van der Waals surface area contributed by atoms with Crippen LogP contribution in [0, 0.1) is 5.92 Å². The molecule has 0 spiro atoms. The third kappa shape index (κ3) is 7.29. The lowest BCUT2D eigenvalue weighted by Crippen LogP contribution is -2.46. The summed E-state index contributed by atoms with van der Waals surface area (Å²) in [7, 11) is 0. The molecule has 1 atom stereocenters. The fraction of sp³-hybridized carbons (Fsp3) is 0.857. The normalized spacial score (nSPS) is 17.5. The van der Waals surface area contributed by atoms with Crippen LogP contribution in [0.4, 0.5) is 4.79 Å². The van der Waals surface area contributed by atoms with Crippen molar-refractivity contribution in [2.75, 3.05) is 32.8 Å². The average Bonchev–Trinajstić information content (AvgIpc) is 2.49. The minimum Gasteiger partial charge on any atom is -0.481 e. The van der Waals surface area contributed by atoms with Crippen LogP contribution in [0.1, 0.15) is 32.6 Å². The van der Waals surface area contributed by atoms with Crippen LogP contribution >= 0.6 is 0 Å². The van der Waals surface area contributed by atoms with Crippen molar-refractivity contribution in [3.63, 3.8) is 0 Å². The predicted molar refractivity (Wildman–Crippen MR) is 77.1 cm³/mol. The number of likely N-dealkylation sites (tertiary alicyclic amines) is 1. The minimum atomic E-state index is -0.807. The molecular formula is C14H26N2O5. The Kier molecular flexibility index (Phi) is 8.07. The second-order valence-electron chi connectivity index (χ2n) is 5.50. The highest BCUT2D eigenvalue weighted by Gasteiger charge is 2.23. The standard InChI is InChI=1S/C14H26N2O5/c1-11(2-3-13(18)19)10-15-14(20)16-6-4-12(5-7-16)21-9-8-17/h11-12,17H,2-10H2,1H3,(H,15,20)(H,18,19). The molecule has 0 aromatic rings. The zero-order chi connectivity index (χ0) is 15.7. The molecule has 2 amide bonds. The van der Waals surface area contributed by atoms with Gasteiger partial charge in [0.05, 0.1) is 19.3 Å². The van der Waals surface area contributed by atoms with Gasteiger partial charge in [-0.1, -0.05) is 6.92 Å². The summed E-state index contributed by atoms with van der Waals surface area (Å²) in [5.41, 5.74) is 0. The van der Waals surface area contributed by atoms with E-state index < -0.39 is 5.97 Å². The van der Waals surface area contributed by atoms with Gasteiger partial charge in [-0.05, 0) is 25.2 Å². The predicted octanol–water partition coefficient (Wildman–Crippen LogP) is 0.670. The molecule has 0 aromatic heterocycles. The van der Waals surface area contributed by atoms with Gasteiger partial charge in [0.2, 0.25) is 0 Å². The van der Waals surface area contributed by atoms with Gasteiger partial charge in [-0.25, -0.2) is 4.79 Å². The Morgan fingerprint density at radius 3 is 2.62 bits per heavy atom. The summed E-state index contributed by atoms with van der Waals surface area (Å²) in [4.78, 5) is 24.2. The molecule has 0 radical (unpaired) electrons. The molecule has 122 valence electrons. The molecule has 1 unspecified atom stereocenters. The molecule has 0 aromatic carbocycles. The highest BCUT2D eigenvalue weighted by molar-refractivity contribution is 5.74. The number of aliphatic hydroxyl groups is 1. The van der Waals surface area contributed by atoms with E-state index in [-0.39, 0.29) is 31.1 Å². The Hall–Kier alpha value is -1.34. The number of urea groups is 1. The number of carboxylic acids is 1. The van der Waals surface area contributed by atoms with Gasteiger partial charge in [0, 0.05) is 26.1 Å². The van der Waals surface area contributed by atoms with E-state index in [4.69, 9.17) is 14.9 Å². The van der Waals surface area contributed by atoms with Crippen molar-refractivity contribution in [2.24, 2.45) is 5.92 Å². The van der Waals surface area contributed by atoms with E-state index in [0.29, 0.717) is 32.7 Å². The maximum Gasteiger partial charge on any atom is 0.317 e.